The quantitative estimate of drug-likeness (QED) is 0.748. The van der Waals surface area contributed by atoms with Crippen LogP contribution in [0.15, 0.2) is 0 Å². The van der Waals surface area contributed by atoms with Gasteiger partial charge in [-0.1, -0.05) is 51.4 Å². The first-order valence-electron chi connectivity index (χ1n) is 7.36. The molecule has 0 heterocycles. The molecule has 0 aromatic rings. The van der Waals surface area contributed by atoms with Gasteiger partial charge in [0, 0.05) is 0 Å². The minimum absolute atomic E-state index is 0.437. The third kappa shape index (κ3) is 2.50. The molecule has 0 aromatic heterocycles. The van der Waals surface area contributed by atoms with E-state index in [4.69, 9.17) is 0 Å². The van der Waals surface area contributed by atoms with E-state index in [-0.39, 0.29) is 0 Å². The van der Waals surface area contributed by atoms with Crippen LogP contribution in [0, 0.1) is 16.7 Å². The highest BCUT2D eigenvalue weighted by atomic mass is 16.3. The molecule has 2 saturated carbocycles. The molecule has 1 N–H and O–H groups in total. The van der Waals surface area contributed by atoms with Crippen LogP contribution in [0.5, 0.6) is 0 Å². The van der Waals surface area contributed by atoms with Crippen molar-refractivity contribution < 1.29 is 5.11 Å². The maximum Gasteiger partial charge on any atom is 0.0860 e. The summed E-state index contributed by atoms with van der Waals surface area (Å²) in [7, 11) is 0. The third-order valence-electron chi connectivity index (χ3n) is 4.99. The summed E-state index contributed by atoms with van der Waals surface area (Å²) in [5.74, 6) is 0. The third-order valence-corrected chi connectivity index (χ3v) is 4.99. The molecule has 0 bridgehead atoms. The summed E-state index contributed by atoms with van der Waals surface area (Å²) in [6, 6.07) is 2.55. The van der Waals surface area contributed by atoms with Crippen LogP contribution in [0.1, 0.15) is 77.0 Å². The Hall–Kier alpha value is -0.550. The van der Waals surface area contributed by atoms with Crippen molar-refractivity contribution in [2.45, 2.75) is 82.7 Å². The molecule has 17 heavy (non-hydrogen) atoms. The maximum absolute atomic E-state index is 10.9. The largest absolute Gasteiger partial charge is 0.388 e. The number of aliphatic hydroxyl groups is 1. The Morgan fingerprint density at radius 3 is 1.65 bits per heavy atom. The lowest BCUT2D eigenvalue weighted by Gasteiger charge is -2.46. The zero-order valence-corrected chi connectivity index (χ0v) is 10.9. The van der Waals surface area contributed by atoms with Gasteiger partial charge in [-0.05, 0) is 25.7 Å². The normalized spacial score (nSPS) is 28.7. The van der Waals surface area contributed by atoms with Gasteiger partial charge in [0.15, 0.2) is 0 Å². The second-order valence-corrected chi connectivity index (χ2v) is 6.05. The molecule has 2 aliphatic carbocycles. The first-order chi connectivity index (χ1) is 8.22. The predicted octanol–water partition coefficient (Wildman–Crippen LogP) is 3.94. The van der Waals surface area contributed by atoms with E-state index >= 15 is 0 Å². The second-order valence-electron chi connectivity index (χ2n) is 6.05. The van der Waals surface area contributed by atoms with Gasteiger partial charge >= 0.3 is 0 Å². The first-order valence-corrected chi connectivity index (χ1v) is 7.36. The fourth-order valence-electron chi connectivity index (χ4n) is 3.81. The zero-order valence-electron chi connectivity index (χ0n) is 10.9. The Balaban J connectivity index is 2.18. The molecule has 2 nitrogen and oxygen atoms in total. The summed E-state index contributed by atoms with van der Waals surface area (Å²) in [4.78, 5) is 0. The van der Waals surface area contributed by atoms with Crippen LogP contribution in [-0.4, -0.2) is 10.7 Å². The molecule has 0 spiro atoms. The molecule has 0 aromatic carbocycles. The van der Waals surface area contributed by atoms with Crippen molar-refractivity contribution in [2.75, 3.05) is 0 Å². The van der Waals surface area contributed by atoms with Gasteiger partial charge in [0.1, 0.15) is 0 Å². The predicted molar refractivity (Wildman–Crippen MR) is 68.4 cm³/mol. The van der Waals surface area contributed by atoms with Crippen LogP contribution in [-0.2, 0) is 0 Å². The minimum Gasteiger partial charge on any atom is -0.388 e. The summed E-state index contributed by atoms with van der Waals surface area (Å²) in [6.07, 6.45) is 13.0. The molecule has 0 atom stereocenters. The molecule has 0 saturated heterocycles. The lowest BCUT2D eigenvalue weighted by atomic mass is 9.61. The lowest BCUT2D eigenvalue weighted by Crippen LogP contribution is -2.49. The summed E-state index contributed by atoms with van der Waals surface area (Å²) in [5.41, 5.74) is -1.12. The van der Waals surface area contributed by atoms with Crippen molar-refractivity contribution in [1.29, 1.82) is 5.26 Å². The number of nitrogens with zero attached hydrogens (tertiary/aromatic N) is 1. The Bertz CT molecular complexity index is 278. The van der Waals surface area contributed by atoms with E-state index < -0.39 is 11.0 Å². The van der Waals surface area contributed by atoms with E-state index in [1.807, 2.05) is 0 Å². The van der Waals surface area contributed by atoms with E-state index in [9.17, 15) is 10.4 Å². The molecular formula is C15H25NO. The van der Waals surface area contributed by atoms with Crippen molar-refractivity contribution >= 4 is 0 Å². The van der Waals surface area contributed by atoms with Crippen LogP contribution in [0.4, 0.5) is 0 Å². The fraction of sp³-hybridized carbons (Fsp3) is 0.933. The molecule has 0 amide bonds. The van der Waals surface area contributed by atoms with Crippen LogP contribution in [0.2, 0.25) is 0 Å². The van der Waals surface area contributed by atoms with E-state index in [2.05, 4.69) is 6.07 Å². The smallest absolute Gasteiger partial charge is 0.0860 e. The van der Waals surface area contributed by atoms with Gasteiger partial charge in [0.2, 0.25) is 0 Å². The Kier molecular flexibility index (Phi) is 4.09. The molecule has 0 unspecified atom stereocenters. The van der Waals surface area contributed by atoms with Crippen LogP contribution < -0.4 is 0 Å². The highest BCUT2D eigenvalue weighted by Gasteiger charge is 2.50. The summed E-state index contributed by atoms with van der Waals surface area (Å²) in [6.45, 7) is 0. The van der Waals surface area contributed by atoms with Crippen molar-refractivity contribution in [3.63, 3.8) is 0 Å². The van der Waals surface area contributed by atoms with Gasteiger partial charge in [0.25, 0.3) is 0 Å². The summed E-state index contributed by atoms with van der Waals surface area (Å²) < 4.78 is 0. The van der Waals surface area contributed by atoms with Gasteiger partial charge in [-0.15, -0.1) is 0 Å². The molecule has 2 aliphatic rings. The minimum atomic E-state index is -0.683. The molecule has 96 valence electrons. The number of rotatable bonds is 1. The highest BCUT2D eigenvalue weighted by molar-refractivity contribution is 5.12. The van der Waals surface area contributed by atoms with Gasteiger partial charge in [-0.25, -0.2) is 0 Å². The van der Waals surface area contributed by atoms with Crippen LogP contribution in [0.25, 0.3) is 0 Å². The van der Waals surface area contributed by atoms with Gasteiger partial charge in [-0.2, -0.15) is 5.26 Å². The molecule has 2 rings (SSSR count). The van der Waals surface area contributed by atoms with Crippen molar-refractivity contribution in [3.05, 3.63) is 0 Å². The Morgan fingerprint density at radius 2 is 1.12 bits per heavy atom. The topological polar surface area (TPSA) is 44.0 Å². The number of nitriles is 1. The zero-order chi connectivity index (χ0) is 12.2. The van der Waals surface area contributed by atoms with Crippen LogP contribution in [0.3, 0.4) is 0 Å². The molecule has 2 fully saturated rings. The van der Waals surface area contributed by atoms with Gasteiger partial charge in [-0.3, -0.25) is 0 Å². The molecule has 2 heteroatoms. The van der Waals surface area contributed by atoms with Crippen molar-refractivity contribution in [3.8, 4) is 6.07 Å². The van der Waals surface area contributed by atoms with E-state index in [1.165, 1.54) is 25.7 Å². The molecule has 0 aliphatic heterocycles. The van der Waals surface area contributed by atoms with Crippen LogP contribution >= 0.6 is 0 Å². The lowest BCUT2D eigenvalue weighted by molar-refractivity contribution is -0.0928. The summed E-state index contributed by atoms with van der Waals surface area (Å²) in [5, 5.41) is 20.6. The molecule has 0 radical (unpaired) electrons. The SMILES string of the molecule is N#CC1(C2(O)CCCCC2)CCCCCCC1. The number of hydrogen-bond donors (Lipinski definition) is 1. The Labute approximate surface area is 105 Å². The standard InChI is InChI=1S/C15H25NO/c16-13-14(9-5-2-1-3-6-10-14)15(17)11-7-4-8-12-15/h17H,1-12H2. The van der Waals surface area contributed by atoms with E-state index in [0.717, 1.165) is 51.4 Å². The van der Waals surface area contributed by atoms with E-state index in [0.29, 0.717) is 0 Å². The molecular weight excluding hydrogens is 210 g/mol. The monoisotopic (exact) mass is 235 g/mol. The van der Waals surface area contributed by atoms with E-state index in [1.54, 1.807) is 0 Å². The number of hydrogen-bond acceptors (Lipinski definition) is 2. The fourth-order valence-corrected chi connectivity index (χ4v) is 3.81. The maximum atomic E-state index is 10.9. The average molecular weight is 235 g/mol. The van der Waals surface area contributed by atoms with Crippen molar-refractivity contribution in [1.82, 2.24) is 0 Å². The Morgan fingerprint density at radius 1 is 0.706 bits per heavy atom. The first kappa shape index (κ1) is 12.9. The average Bonchev–Trinajstić information content (AvgIpc) is 2.30. The highest BCUT2D eigenvalue weighted by Crippen LogP contribution is 2.49. The van der Waals surface area contributed by atoms with Crippen molar-refractivity contribution in [2.24, 2.45) is 5.41 Å². The summed E-state index contributed by atoms with van der Waals surface area (Å²) >= 11 is 0. The van der Waals surface area contributed by atoms with Gasteiger partial charge < -0.3 is 5.11 Å². The van der Waals surface area contributed by atoms with Gasteiger partial charge in [0.05, 0.1) is 17.1 Å². The second kappa shape index (κ2) is 5.40.